The summed E-state index contributed by atoms with van der Waals surface area (Å²) in [5.74, 6) is 0.885. The predicted molar refractivity (Wildman–Crippen MR) is 377 cm³/mol. The van der Waals surface area contributed by atoms with Crippen molar-refractivity contribution < 1.29 is 80.2 Å². The van der Waals surface area contributed by atoms with Crippen LogP contribution in [0.3, 0.4) is 0 Å². The largest absolute Gasteiger partial charge is 0.472 e. The van der Waals surface area contributed by atoms with Crippen LogP contribution in [0.4, 0.5) is 0 Å². The number of rotatable bonds is 71. The lowest BCUT2D eigenvalue weighted by Gasteiger charge is -2.21. The standard InChI is InChI=1S/C74H144O17P2/c1-9-66(7)52-44-36-28-21-19-17-15-13-11-12-14-16-18-20-22-29-38-46-54-71(76)84-61-70(91-74(79)57-49-41-33-32-37-45-53-67(8)10-2)63-89-93(82,83)87-59-68(75)58-86-92(80,81)88-62-69(90-73(78)56-48-40-31-25-27-35-43-51-65(5)6)60-85-72(77)55-47-39-30-24-23-26-34-42-50-64(3)4/h64-70,75H,9-63H2,1-8H3,(H,80,81)(H,82,83)/t66?,67?,68?,69-,70-/m1/s1. The maximum absolute atomic E-state index is 13.0. The number of carbonyl (C=O) groups is 4. The van der Waals surface area contributed by atoms with Crippen LogP contribution in [-0.4, -0.2) is 96.7 Å². The van der Waals surface area contributed by atoms with E-state index in [1.165, 1.54) is 173 Å². The smallest absolute Gasteiger partial charge is 0.462 e. The summed E-state index contributed by atoms with van der Waals surface area (Å²) in [6.07, 6.45) is 47.6. The van der Waals surface area contributed by atoms with E-state index >= 15 is 0 Å². The zero-order valence-corrected chi connectivity index (χ0v) is 62.7. The number of unbranched alkanes of at least 4 members (excludes halogenated alkanes) is 35. The Bertz CT molecular complexity index is 1840. The number of aliphatic hydroxyl groups is 1. The predicted octanol–water partition coefficient (Wildman–Crippen LogP) is 21.3. The quantitative estimate of drug-likeness (QED) is 0.0222. The summed E-state index contributed by atoms with van der Waals surface area (Å²) < 4.78 is 68.3. The second-order valence-electron chi connectivity index (χ2n) is 28.1. The van der Waals surface area contributed by atoms with Crippen LogP contribution in [0.2, 0.25) is 0 Å². The third-order valence-electron chi connectivity index (χ3n) is 17.8. The topological polar surface area (TPSA) is 237 Å². The van der Waals surface area contributed by atoms with Crippen molar-refractivity contribution >= 4 is 39.5 Å². The van der Waals surface area contributed by atoms with Crippen molar-refractivity contribution in [2.45, 2.75) is 388 Å². The average molecular weight is 1370 g/mol. The summed E-state index contributed by atoms with van der Waals surface area (Å²) in [5.41, 5.74) is 0. The third-order valence-corrected chi connectivity index (χ3v) is 19.7. The lowest BCUT2D eigenvalue weighted by Crippen LogP contribution is -2.30. The van der Waals surface area contributed by atoms with Crippen LogP contribution in [-0.2, 0) is 65.4 Å². The molecule has 0 fully saturated rings. The molecule has 17 nitrogen and oxygen atoms in total. The van der Waals surface area contributed by atoms with Crippen LogP contribution >= 0.6 is 15.6 Å². The molecule has 0 rings (SSSR count). The molecule has 0 aromatic rings. The molecule has 0 aromatic heterocycles. The average Bonchev–Trinajstić information content (AvgIpc) is 2.39. The lowest BCUT2D eigenvalue weighted by atomic mass is 9.99. The van der Waals surface area contributed by atoms with Gasteiger partial charge in [-0.2, -0.15) is 0 Å². The van der Waals surface area contributed by atoms with Crippen molar-refractivity contribution in [3.8, 4) is 0 Å². The van der Waals surface area contributed by atoms with E-state index in [2.05, 4.69) is 55.4 Å². The Kier molecular flexibility index (Phi) is 62.2. The highest BCUT2D eigenvalue weighted by atomic mass is 31.2. The van der Waals surface area contributed by atoms with E-state index in [1.54, 1.807) is 0 Å². The molecule has 0 aromatic carbocycles. The van der Waals surface area contributed by atoms with Crippen LogP contribution in [0.25, 0.3) is 0 Å². The van der Waals surface area contributed by atoms with Crippen LogP contribution in [0.5, 0.6) is 0 Å². The van der Waals surface area contributed by atoms with Gasteiger partial charge in [0.2, 0.25) is 0 Å². The van der Waals surface area contributed by atoms with Crippen molar-refractivity contribution in [2.75, 3.05) is 39.6 Å². The summed E-state index contributed by atoms with van der Waals surface area (Å²) in [6, 6.07) is 0. The molecular weight excluding hydrogens is 1220 g/mol. The van der Waals surface area contributed by atoms with Gasteiger partial charge in [0.25, 0.3) is 0 Å². The number of phosphoric ester groups is 2. The van der Waals surface area contributed by atoms with E-state index in [4.69, 9.17) is 37.0 Å². The summed E-state index contributed by atoms with van der Waals surface area (Å²) in [5, 5.41) is 10.6. The van der Waals surface area contributed by atoms with Gasteiger partial charge in [0.1, 0.15) is 19.3 Å². The Morgan fingerprint density at radius 2 is 0.516 bits per heavy atom. The Morgan fingerprint density at radius 1 is 0.301 bits per heavy atom. The molecule has 0 bridgehead atoms. The number of esters is 4. The summed E-state index contributed by atoms with van der Waals surface area (Å²) in [6.45, 7) is 14.1. The van der Waals surface area contributed by atoms with E-state index in [9.17, 15) is 43.2 Å². The molecule has 5 unspecified atom stereocenters. The van der Waals surface area contributed by atoms with Crippen molar-refractivity contribution in [1.82, 2.24) is 0 Å². The molecule has 552 valence electrons. The Labute approximate surface area is 568 Å². The Balaban J connectivity index is 5.12. The van der Waals surface area contributed by atoms with Gasteiger partial charge in [-0.25, -0.2) is 9.13 Å². The first-order chi connectivity index (χ1) is 44.7. The lowest BCUT2D eigenvalue weighted by molar-refractivity contribution is -0.161. The summed E-state index contributed by atoms with van der Waals surface area (Å²) in [7, 11) is -9.90. The molecule has 19 heteroatoms. The highest BCUT2D eigenvalue weighted by molar-refractivity contribution is 7.47. The molecule has 0 saturated carbocycles. The second kappa shape index (κ2) is 63.5. The first kappa shape index (κ1) is 91.1. The highest BCUT2D eigenvalue weighted by Crippen LogP contribution is 2.45. The molecule has 0 radical (unpaired) electrons. The molecule has 93 heavy (non-hydrogen) atoms. The number of ether oxygens (including phenoxy) is 4. The maximum Gasteiger partial charge on any atom is 0.472 e. The van der Waals surface area contributed by atoms with E-state index in [0.29, 0.717) is 31.6 Å². The molecule has 3 N–H and O–H groups in total. The fourth-order valence-electron chi connectivity index (χ4n) is 11.1. The van der Waals surface area contributed by atoms with Gasteiger partial charge >= 0.3 is 39.5 Å². The van der Waals surface area contributed by atoms with Gasteiger partial charge in [-0.15, -0.1) is 0 Å². The molecule has 0 saturated heterocycles. The van der Waals surface area contributed by atoms with E-state index in [1.807, 2.05) is 0 Å². The number of hydrogen-bond donors (Lipinski definition) is 3. The Morgan fingerprint density at radius 3 is 0.763 bits per heavy atom. The molecule has 0 amide bonds. The molecule has 0 spiro atoms. The van der Waals surface area contributed by atoms with Gasteiger partial charge in [-0.3, -0.25) is 37.3 Å². The minimum Gasteiger partial charge on any atom is -0.462 e. The van der Waals surface area contributed by atoms with Crippen LogP contribution in [0.15, 0.2) is 0 Å². The maximum atomic E-state index is 13.0. The van der Waals surface area contributed by atoms with Gasteiger partial charge in [-0.05, 0) is 49.4 Å². The Hall–Kier alpha value is -1.94. The van der Waals surface area contributed by atoms with E-state index in [0.717, 1.165) is 108 Å². The molecular formula is C74H144O17P2. The zero-order chi connectivity index (χ0) is 68.9. The fraction of sp³-hybridized carbons (Fsp3) is 0.946. The number of carbonyl (C=O) groups excluding carboxylic acids is 4. The number of phosphoric acid groups is 2. The first-order valence-corrected chi connectivity index (χ1v) is 41.3. The minimum atomic E-state index is -4.95. The van der Waals surface area contributed by atoms with E-state index in [-0.39, 0.29) is 25.7 Å². The van der Waals surface area contributed by atoms with Crippen molar-refractivity contribution in [2.24, 2.45) is 23.7 Å². The molecule has 0 heterocycles. The summed E-state index contributed by atoms with van der Waals surface area (Å²) >= 11 is 0. The zero-order valence-electron chi connectivity index (χ0n) is 60.9. The molecule has 0 aliphatic rings. The number of aliphatic hydroxyl groups excluding tert-OH is 1. The van der Waals surface area contributed by atoms with Gasteiger partial charge in [0.15, 0.2) is 12.2 Å². The monoisotopic (exact) mass is 1370 g/mol. The molecule has 7 atom stereocenters. The van der Waals surface area contributed by atoms with Gasteiger partial charge in [0.05, 0.1) is 26.4 Å². The van der Waals surface area contributed by atoms with Crippen LogP contribution in [0, 0.1) is 23.7 Å². The third kappa shape index (κ3) is 65.8. The second-order valence-corrected chi connectivity index (χ2v) is 31.0. The molecule has 0 aliphatic heterocycles. The first-order valence-electron chi connectivity index (χ1n) is 38.3. The summed E-state index contributed by atoms with van der Waals surface area (Å²) in [4.78, 5) is 72.6. The van der Waals surface area contributed by atoms with Crippen LogP contribution in [0.1, 0.15) is 370 Å². The highest BCUT2D eigenvalue weighted by Gasteiger charge is 2.30. The number of hydrogen-bond acceptors (Lipinski definition) is 15. The van der Waals surface area contributed by atoms with Gasteiger partial charge < -0.3 is 33.8 Å². The minimum absolute atomic E-state index is 0.102. The normalized spacial score (nSPS) is 14.8. The van der Waals surface area contributed by atoms with Crippen molar-refractivity contribution in [1.29, 1.82) is 0 Å². The van der Waals surface area contributed by atoms with Crippen LogP contribution < -0.4 is 0 Å². The van der Waals surface area contributed by atoms with Gasteiger partial charge in [0, 0.05) is 25.7 Å². The SMILES string of the molecule is CCC(C)CCCCCCCCCCCCCCCCCCCCC(=O)OC[C@H](COP(=O)(O)OCC(O)COP(=O)(O)OC[C@@H](COC(=O)CCCCCCCCCCC(C)C)OC(=O)CCCCCCCCCC(C)C)OC(=O)CCCCCCCCC(C)CC. The van der Waals surface area contributed by atoms with Crippen molar-refractivity contribution in [3.05, 3.63) is 0 Å². The van der Waals surface area contributed by atoms with Crippen molar-refractivity contribution in [3.63, 3.8) is 0 Å². The molecule has 0 aliphatic carbocycles. The van der Waals surface area contributed by atoms with E-state index < -0.39 is 97.5 Å². The van der Waals surface area contributed by atoms with Gasteiger partial charge in [-0.1, -0.05) is 319 Å². The fourth-order valence-corrected chi connectivity index (χ4v) is 12.7.